The predicted octanol–water partition coefficient (Wildman–Crippen LogP) is 1.95. The molecular formula is C29H39N5O4. The zero-order valence-electron chi connectivity index (χ0n) is 22.5. The van der Waals surface area contributed by atoms with Crippen molar-refractivity contribution in [3.05, 3.63) is 72.1 Å². The van der Waals surface area contributed by atoms with E-state index in [1.165, 1.54) is 11.1 Å². The lowest BCUT2D eigenvalue weighted by atomic mass is 9.85. The third kappa shape index (κ3) is 7.20. The predicted molar refractivity (Wildman–Crippen MR) is 147 cm³/mol. The molecular weight excluding hydrogens is 482 g/mol. The van der Waals surface area contributed by atoms with E-state index in [9.17, 15) is 19.5 Å². The fraction of sp³-hybridized carbons (Fsp3) is 0.414. The van der Waals surface area contributed by atoms with Crippen molar-refractivity contribution < 1.29 is 19.5 Å². The molecule has 6 N–H and O–H groups in total. The molecule has 9 heteroatoms. The van der Waals surface area contributed by atoms with Crippen molar-refractivity contribution in [1.29, 1.82) is 0 Å². The van der Waals surface area contributed by atoms with Crippen LogP contribution in [0.15, 0.2) is 66.5 Å². The summed E-state index contributed by atoms with van der Waals surface area (Å²) in [5, 5.41) is 14.5. The van der Waals surface area contributed by atoms with Crippen molar-refractivity contribution in [3.8, 4) is 11.1 Å². The van der Waals surface area contributed by atoms with Crippen LogP contribution >= 0.6 is 0 Å². The molecule has 4 atom stereocenters. The number of nitrogens with one attached hydrogen (secondary N) is 1. The zero-order valence-corrected chi connectivity index (χ0v) is 22.5. The Morgan fingerprint density at radius 2 is 1.74 bits per heavy atom. The second-order valence-corrected chi connectivity index (χ2v) is 11.0. The third-order valence-electron chi connectivity index (χ3n) is 6.64. The second kappa shape index (κ2) is 12.2. The highest BCUT2D eigenvalue weighted by Gasteiger charge is 2.45. The summed E-state index contributed by atoms with van der Waals surface area (Å²) in [6, 6.07) is 16.4. The van der Waals surface area contributed by atoms with Gasteiger partial charge in [-0.15, -0.1) is 0 Å². The second-order valence-electron chi connectivity index (χ2n) is 11.0. The number of allylic oxidation sites excluding steroid dienone is 1. The molecule has 1 aliphatic heterocycles. The lowest BCUT2D eigenvalue weighted by Crippen LogP contribution is -2.58. The highest BCUT2D eigenvalue weighted by molar-refractivity contribution is 5.91. The molecule has 1 fully saturated rings. The van der Waals surface area contributed by atoms with E-state index in [1.807, 2.05) is 58.0 Å². The summed E-state index contributed by atoms with van der Waals surface area (Å²) in [4.78, 5) is 39.3. The Labute approximate surface area is 224 Å². The van der Waals surface area contributed by atoms with E-state index in [-0.39, 0.29) is 30.6 Å². The smallest absolute Gasteiger partial charge is 0.248 e. The van der Waals surface area contributed by atoms with Gasteiger partial charge in [0.05, 0.1) is 11.8 Å². The molecule has 0 bridgehead atoms. The molecule has 0 radical (unpaired) electrons. The summed E-state index contributed by atoms with van der Waals surface area (Å²) >= 11 is 0. The molecule has 1 heterocycles. The first kappa shape index (κ1) is 28.9. The van der Waals surface area contributed by atoms with E-state index in [1.54, 1.807) is 0 Å². The van der Waals surface area contributed by atoms with Gasteiger partial charge in [-0.25, -0.2) is 5.84 Å². The fourth-order valence-electron chi connectivity index (χ4n) is 4.89. The molecule has 204 valence electrons. The molecule has 0 aliphatic carbocycles. The number of nitrogens with two attached hydrogens (primary N) is 2. The summed E-state index contributed by atoms with van der Waals surface area (Å²) in [5.74, 6) is 5.38. The third-order valence-corrected chi connectivity index (χ3v) is 6.64. The molecule has 1 unspecified atom stereocenters. The molecule has 38 heavy (non-hydrogen) atoms. The van der Waals surface area contributed by atoms with Gasteiger partial charge >= 0.3 is 0 Å². The van der Waals surface area contributed by atoms with Crippen LogP contribution in [0.4, 0.5) is 0 Å². The summed E-state index contributed by atoms with van der Waals surface area (Å²) in [6.07, 6.45) is 1.55. The molecule has 0 saturated carbocycles. The number of benzene rings is 2. The topological polar surface area (TPSA) is 142 Å². The Morgan fingerprint density at radius 3 is 2.32 bits per heavy atom. The van der Waals surface area contributed by atoms with Gasteiger partial charge in [-0.1, -0.05) is 75.4 Å². The molecule has 1 aliphatic rings. The molecule has 3 rings (SSSR count). The number of β-amino-alcohol motifs (C(OH)–C–C–N with tert-alkyl or cyclic N) is 1. The molecule has 9 nitrogen and oxygen atoms in total. The van der Waals surface area contributed by atoms with E-state index in [2.05, 4.69) is 29.6 Å². The van der Waals surface area contributed by atoms with Crippen molar-refractivity contribution in [2.75, 3.05) is 6.54 Å². The quantitative estimate of drug-likeness (QED) is 0.171. The number of aliphatic hydroxyl groups excluding tert-OH is 1. The summed E-state index contributed by atoms with van der Waals surface area (Å²) in [6.45, 7) is 7.40. The number of aldehydes is 1. The van der Waals surface area contributed by atoms with Crippen LogP contribution in [-0.2, 0) is 20.8 Å². The number of nitrogens with zero attached hydrogens (tertiary/aromatic N) is 2. The molecule has 1 saturated heterocycles. The minimum Gasteiger partial charge on any atom is -0.395 e. The van der Waals surface area contributed by atoms with Gasteiger partial charge in [0, 0.05) is 25.2 Å². The molecule has 2 aromatic rings. The number of carbonyl (C=O) groups is 3. The van der Waals surface area contributed by atoms with Crippen LogP contribution in [0.3, 0.4) is 0 Å². The van der Waals surface area contributed by atoms with Crippen molar-refractivity contribution in [2.45, 2.75) is 64.8 Å². The van der Waals surface area contributed by atoms with Crippen LogP contribution in [0.25, 0.3) is 11.1 Å². The lowest BCUT2D eigenvalue weighted by Gasteiger charge is -2.39. The number of aliphatic hydroxyl groups is 1. The monoisotopic (exact) mass is 521 g/mol. The minimum absolute atomic E-state index is 0.0134. The Balaban J connectivity index is 1.69. The van der Waals surface area contributed by atoms with Gasteiger partial charge in [0.1, 0.15) is 12.1 Å². The van der Waals surface area contributed by atoms with E-state index in [0.717, 1.165) is 21.7 Å². The van der Waals surface area contributed by atoms with E-state index < -0.39 is 29.5 Å². The van der Waals surface area contributed by atoms with Crippen molar-refractivity contribution >= 4 is 18.1 Å². The SMILES string of the molecule is C[C@@H](Cc1ccc(-c2ccccc2)cc1)NC(=O)[C@@H]1C[C@@H](O)CN1C(=O)C(N(N)/C=C(\N)C=O)C(C)(C)C. The van der Waals surface area contributed by atoms with Gasteiger partial charge < -0.3 is 26.1 Å². The van der Waals surface area contributed by atoms with Gasteiger partial charge in [-0.2, -0.15) is 0 Å². The van der Waals surface area contributed by atoms with Gasteiger partial charge in [0.15, 0.2) is 6.29 Å². The Bertz CT molecular complexity index is 1140. The van der Waals surface area contributed by atoms with Crippen molar-refractivity contribution in [3.63, 3.8) is 0 Å². The maximum atomic E-state index is 13.6. The number of hydrogen-bond acceptors (Lipinski definition) is 7. The summed E-state index contributed by atoms with van der Waals surface area (Å²) in [7, 11) is 0. The van der Waals surface area contributed by atoms with Crippen LogP contribution < -0.4 is 16.9 Å². The van der Waals surface area contributed by atoms with Gasteiger partial charge in [-0.05, 0) is 35.4 Å². The van der Waals surface area contributed by atoms with Crippen LogP contribution in [0.2, 0.25) is 0 Å². The maximum absolute atomic E-state index is 13.6. The average Bonchev–Trinajstić information content (AvgIpc) is 3.26. The van der Waals surface area contributed by atoms with Crippen molar-refractivity contribution in [1.82, 2.24) is 15.2 Å². The number of rotatable bonds is 9. The average molecular weight is 522 g/mol. The summed E-state index contributed by atoms with van der Waals surface area (Å²) in [5.41, 5.74) is 8.15. The molecule has 0 aromatic heterocycles. The maximum Gasteiger partial charge on any atom is 0.248 e. The van der Waals surface area contributed by atoms with E-state index >= 15 is 0 Å². The van der Waals surface area contributed by atoms with E-state index in [0.29, 0.717) is 12.7 Å². The first-order chi connectivity index (χ1) is 17.9. The fourth-order valence-corrected chi connectivity index (χ4v) is 4.89. The van der Waals surface area contributed by atoms with Crippen LogP contribution in [-0.4, -0.2) is 63.9 Å². The highest BCUT2D eigenvalue weighted by atomic mass is 16.3. The lowest BCUT2D eigenvalue weighted by molar-refractivity contribution is -0.145. The van der Waals surface area contributed by atoms with Crippen LogP contribution in [0.5, 0.6) is 0 Å². The van der Waals surface area contributed by atoms with E-state index in [4.69, 9.17) is 11.6 Å². The first-order valence-corrected chi connectivity index (χ1v) is 12.8. The van der Waals surface area contributed by atoms with Crippen molar-refractivity contribution in [2.24, 2.45) is 17.0 Å². The van der Waals surface area contributed by atoms with Crippen LogP contribution in [0, 0.1) is 5.41 Å². The largest absolute Gasteiger partial charge is 0.395 e. The van der Waals surface area contributed by atoms with Gasteiger partial charge in [0.25, 0.3) is 0 Å². The standard InChI is InChI=1S/C29H39N5O4/c1-19(14-20-10-12-22(13-11-20)21-8-6-5-7-9-21)32-27(37)25-15-24(36)17-33(25)28(38)26(29(2,3)4)34(31)16-23(30)18-35/h5-13,16,18-19,24-26,36H,14-15,17,30-31H2,1-4H3,(H,32,37)/b23-16-/t19-,24+,25-,26?/m0/s1. The molecule has 0 spiro atoms. The number of hydrazine groups is 1. The Hall–Kier alpha value is -3.69. The van der Waals surface area contributed by atoms with Gasteiger partial charge in [-0.3, -0.25) is 14.4 Å². The Kier molecular flexibility index (Phi) is 9.30. The molecule has 2 amide bonds. The molecule has 2 aromatic carbocycles. The number of likely N-dealkylation sites (tertiary alicyclic amines) is 1. The zero-order chi connectivity index (χ0) is 28.0. The van der Waals surface area contributed by atoms with Crippen LogP contribution in [0.1, 0.15) is 39.7 Å². The number of carbonyl (C=O) groups excluding carboxylic acids is 3. The normalized spacial score (nSPS) is 19.5. The summed E-state index contributed by atoms with van der Waals surface area (Å²) < 4.78 is 0. The number of amides is 2. The first-order valence-electron chi connectivity index (χ1n) is 12.8. The minimum atomic E-state index is -0.915. The number of hydrogen-bond donors (Lipinski definition) is 4. The van der Waals surface area contributed by atoms with Gasteiger partial charge in [0.2, 0.25) is 11.8 Å². The highest BCUT2D eigenvalue weighted by Crippen LogP contribution is 2.29. The Morgan fingerprint density at radius 1 is 1.13 bits per heavy atom.